The van der Waals surface area contributed by atoms with E-state index in [0.717, 1.165) is 0 Å². The third kappa shape index (κ3) is 5.11. The zero-order chi connectivity index (χ0) is 19.3. The monoisotopic (exact) mass is 416 g/mol. The lowest BCUT2D eigenvalue weighted by Gasteiger charge is -2.18. The van der Waals surface area contributed by atoms with Gasteiger partial charge >= 0.3 is 0 Å². The van der Waals surface area contributed by atoms with Gasteiger partial charge in [-0.1, -0.05) is 23.2 Å². The molecule has 1 amide bonds. The first-order valence-electron chi connectivity index (χ1n) is 7.61. The molecule has 2 aromatic rings. The van der Waals surface area contributed by atoms with E-state index < -0.39 is 15.9 Å². The number of sulfonamides is 1. The molecule has 0 bridgehead atoms. The fraction of sp³-hybridized carbons (Fsp3) is 0.235. The molecule has 0 atom stereocenters. The molecule has 2 rings (SSSR count). The first-order valence-corrected chi connectivity index (χ1v) is 9.85. The van der Waals surface area contributed by atoms with Gasteiger partial charge in [-0.3, -0.25) is 4.79 Å². The van der Waals surface area contributed by atoms with Crippen molar-refractivity contribution in [3.63, 3.8) is 0 Å². The molecule has 0 saturated heterocycles. The van der Waals surface area contributed by atoms with Crippen LogP contribution in [0.5, 0.6) is 5.75 Å². The number of nitrogens with one attached hydrogen (secondary N) is 1. The minimum Gasteiger partial charge on any atom is -0.492 e. The Morgan fingerprint density at radius 2 is 1.81 bits per heavy atom. The van der Waals surface area contributed by atoms with Crippen LogP contribution in [0.2, 0.25) is 10.0 Å². The third-order valence-electron chi connectivity index (χ3n) is 3.60. The Kier molecular flexibility index (Phi) is 6.88. The van der Waals surface area contributed by atoms with Gasteiger partial charge in [0, 0.05) is 12.1 Å². The van der Waals surface area contributed by atoms with Gasteiger partial charge in [-0.2, -0.15) is 0 Å². The number of carbonyl (C=O) groups is 1. The molecule has 0 aromatic heterocycles. The highest BCUT2D eigenvalue weighted by Gasteiger charge is 2.19. The third-order valence-corrected chi connectivity index (χ3v) is 5.60. The molecule has 0 fully saturated rings. The summed E-state index contributed by atoms with van der Waals surface area (Å²) in [5.74, 6) is 0.234. The number of hydrogen-bond donors (Lipinski definition) is 1. The first kappa shape index (κ1) is 20.5. The van der Waals surface area contributed by atoms with E-state index >= 15 is 0 Å². The number of hydrogen-bond acceptors (Lipinski definition) is 4. The molecule has 0 aliphatic rings. The number of carbonyl (C=O) groups excluding carboxylic acids is 1. The minimum absolute atomic E-state index is 0.0291. The normalized spacial score (nSPS) is 11.2. The van der Waals surface area contributed by atoms with Gasteiger partial charge in [-0.25, -0.2) is 13.1 Å². The van der Waals surface area contributed by atoms with Crippen molar-refractivity contribution in [1.29, 1.82) is 0 Å². The van der Waals surface area contributed by atoms with Crippen LogP contribution in [0.4, 0.5) is 0 Å². The van der Waals surface area contributed by atoms with Gasteiger partial charge < -0.3 is 9.64 Å². The molecule has 140 valence electrons. The molecular formula is C17H18Cl2N2O4S. The fourth-order valence-electron chi connectivity index (χ4n) is 2.09. The van der Waals surface area contributed by atoms with Crippen molar-refractivity contribution in [2.45, 2.75) is 4.90 Å². The van der Waals surface area contributed by atoms with Crippen molar-refractivity contribution in [3.05, 3.63) is 58.1 Å². The molecular weight excluding hydrogens is 399 g/mol. The fourth-order valence-corrected chi connectivity index (χ4v) is 3.17. The SMILES string of the molecule is CNS(=O)(=O)c1ccc(Cl)c(C(=O)N(C)CCOc2ccc(Cl)cc2)c1. The summed E-state index contributed by atoms with van der Waals surface area (Å²) in [6.07, 6.45) is 0. The van der Waals surface area contributed by atoms with Crippen LogP contribution in [0, 0.1) is 0 Å². The zero-order valence-corrected chi connectivity index (χ0v) is 16.5. The highest BCUT2D eigenvalue weighted by atomic mass is 35.5. The van der Waals surface area contributed by atoms with Crippen LogP contribution in [0.25, 0.3) is 0 Å². The lowest BCUT2D eigenvalue weighted by molar-refractivity contribution is 0.0773. The summed E-state index contributed by atoms with van der Waals surface area (Å²) in [5.41, 5.74) is 0.108. The lowest BCUT2D eigenvalue weighted by atomic mass is 10.2. The first-order chi connectivity index (χ1) is 12.2. The van der Waals surface area contributed by atoms with E-state index in [1.165, 1.54) is 30.1 Å². The van der Waals surface area contributed by atoms with E-state index in [2.05, 4.69) is 4.72 Å². The van der Waals surface area contributed by atoms with Crippen LogP contribution in [-0.2, 0) is 10.0 Å². The van der Waals surface area contributed by atoms with Crippen molar-refractivity contribution < 1.29 is 17.9 Å². The minimum atomic E-state index is -3.67. The number of rotatable bonds is 7. The summed E-state index contributed by atoms with van der Waals surface area (Å²) in [4.78, 5) is 14.0. The Balaban J connectivity index is 2.05. The molecule has 0 unspecified atom stereocenters. The maximum absolute atomic E-state index is 12.6. The predicted octanol–water partition coefficient (Wildman–Crippen LogP) is 3.05. The van der Waals surface area contributed by atoms with E-state index in [-0.39, 0.29) is 22.1 Å². The summed E-state index contributed by atoms with van der Waals surface area (Å²) in [7, 11) is -0.784. The molecule has 6 nitrogen and oxygen atoms in total. The Morgan fingerprint density at radius 3 is 2.42 bits per heavy atom. The van der Waals surface area contributed by atoms with Crippen molar-refractivity contribution in [3.8, 4) is 5.75 Å². The standard InChI is InChI=1S/C17H18Cl2N2O4S/c1-20-26(23,24)14-7-8-16(19)15(11-14)17(22)21(2)9-10-25-13-5-3-12(18)4-6-13/h3-8,11,20H,9-10H2,1-2H3. The molecule has 0 aliphatic carbocycles. The lowest BCUT2D eigenvalue weighted by Crippen LogP contribution is -2.31. The predicted molar refractivity (Wildman–Crippen MR) is 102 cm³/mol. The number of likely N-dealkylation sites (N-methyl/N-ethyl adjacent to an activating group) is 1. The molecule has 1 N–H and O–H groups in total. The topological polar surface area (TPSA) is 75.7 Å². The second-order valence-corrected chi connectivity index (χ2v) is 8.11. The number of benzene rings is 2. The van der Waals surface area contributed by atoms with Crippen LogP contribution < -0.4 is 9.46 Å². The summed E-state index contributed by atoms with van der Waals surface area (Å²) in [5, 5.41) is 0.784. The maximum Gasteiger partial charge on any atom is 0.255 e. The van der Waals surface area contributed by atoms with Crippen LogP contribution in [-0.4, -0.2) is 46.5 Å². The molecule has 26 heavy (non-hydrogen) atoms. The second kappa shape index (κ2) is 8.73. The summed E-state index contributed by atoms with van der Waals surface area (Å²) < 4.78 is 31.6. The van der Waals surface area contributed by atoms with Gasteiger partial charge in [0.1, 0.15) is 12.4 Å². The molecule has 0 saturated carbocycles. The van der Waals surface area contributed by atoms with Crippen LogP contribution in [0.1, 0.15) is 10.4 Å². The van der Waals surface area contributed by atoms with E-state index in [0.29, 0.717) is 17.3 Å². The van der Waals surface area contributed by atoms with Gasteiger partial charge in [0.15, 0.2) is 0 Å². The number of ether oxygens (including phenoxy) is 1. The highest BCUT2D eigenvalue weighted by molar-refractivity contribution is 7.89. The van der Waals surface area contributed by atoms with Crippen LogP contribution in [0.3, 0.4) is 0 Å². The largest absolute Gasteiger partial charge is 0.492 e. The van der Waals surface area contributed by atoms with Crippen LogP contribution >= 0.6 is 23.2 Å². The van der Waals surface area contributed by atoms with Crippen molar-refractivity contribution in [2.75, 3.05) is 27.2 Å². The maximum atomic E-state index is 12.6. The average molecular weight is 417 g/mol. The molecule has 9 heteroatoms. The molecule has 0 heterocycles. The zero-order valence-electron chi connectivity index (χ0n) is 14.2. The Labute approximate surface area is 162 Å². The van der Waals surface area contributed by atoms with E-state index in [4.69, 9.17) is 27.9 Å². The highest BCUT2D eigenvalue weighted by Crippen LogP contribution is 2.22. The Morgan fingerprint density at radius 1 is 1.15 bits per heavy atom. The quantitative estimate of drug-likeness (QED) is 0.752. The number of amides is 1. The van der Waals surface area contributed by atoms with E-state index in [1.54, 1.807) is 31.3 Å². The second-order valence-electron chi connectivity index (χ2n) is 5.38. The molecule has 2 aromatic carbocycles. The Bertz CT molecular complexity index is 886. The van der Waals surface area contributed by atoms with E-state index in [9.17, 15) is 13.2 Å². The summed E-state index contributed by atoms with van der Waals surface area (Å²) in [6.45, 7) is 0.552. The van der Waals surface area contributed by atoms with Gasteiger partial charge in [-0.05, 0) is 49.5 Å². The smallest absolute Gasteiger partial charge is 0.255 e. The van der Waals surface area contributed by atoms with Gasteiger partial charge in [0.2, 0.25) is 10.0 Å². The molecule has 0 aliphatic heterocycles. The van der Waals surface area contributed by atoms with Gasteiger partial charge in [0.05, 0.1) is 22.0 Å². The summed E-state index contributed by atoms with van der Waals surface area (Å²) >= 11 is 11.9. The van der Waals surface area contributed by atoms with Crippen molar-refractivity contribution >= 4 is 39.1 Å². The number of halogens is 2. The van der Waals surface area contributed by atoms with Gasteiger partial charge in [0.25, 0.3) is 5.91 Å². The van der Waals surface area contributed by atoms with Crippen LogP contribution in [0.15, 0.2) is 47.4 Å². The Hall–Kier alpha value is -1.80. The average Bonchev–Trinajstić information content (AvgIpc) is 2.63. The summed E-state index contributed by atoms with van der Waals surface area (Å²) in [6, 6.07) is 10.9. The molecule has 0 radical (unpaired) electrons. The molecule has 0 spiro atoms. The van der Waals surface area contributed by atoms with Crippen molar-refractivity contribution in [1.82, 2.24) is 9.62 Å². The number of nitrogens with zero attached hydrogens (tertiary/aromatic N) is 1. The van der Waals surface area contributed by atoms with Gasteiger partial charge in [-0.15, -0.1) is 0 Å². The van der Waals surface area contributed by atoms with E-state index in [1.807, 2.05) is 0 Å². The van der Waals surface area contributed by atoms with Crippen molar-refractivity contribution in [2.24, 2.45) is 0 Å².